The van der Waals surface area contributed by atoms with Crippen molar-refractivity contribution in [3.8, 4) is 0 Å². The fourth-order valence-electron chi connectivity index (χ4n) is 3.13. The maximum Gasteiger partial charge on any atom is 0.0945 e. The number of nitrogens with zero attached hydrogens (tertiary/aromatic N) is 2. The molecule has 0 fully saturated rings. The summed E-state index contributed by atoms with van der Waals surface area (Å²) in [6.07, 6.45) is 9.29. The number of hydrogen-bond acceptors (Lipinski definition) is 1. The molecule has 0 saturated carbocycles. The van der Waals surface area contributed by atoms with Crippen molar-refractivity contribution < 1.29 is 0 Å². The van der Waals surface area contributed by atoms with E-state index in [2.05, 4.69) is 78.1 Å². The summed E-state index contributed by atoms with van der Waals surface area (Å²) in [6.45, 7) is 5.31. The average molecular weight is 318 g/mol. The third-order valence-corrected chi connectivity index (χ3v) is 4.64. The van der Waals surface area contributed by atoms with Gasteiger partial charge in [-0.3, -0.25) is 0 Å². The number of aromatic nitrogens is 2. The molecular formula is C22H26N2. The molecule has 1 unspecified atom stereocenters. The summed E-state index contributed by atoms with van der Waals surface area (Å²) in [5.74, 6) is 0.614. The topological polar surface area (TPSA) is 17.8 Å². The van der Waals surface area contributed by atoms with E-state index in [4.69, 9.17) is 0 Å². The van der Waals surface area contributed by atoms with E-state index in [0.717, 1.165) is 19.4 Å². The van der Waals surface area contributed by atoms with E-state index < -0.39 is 0 Å². The molecule has 1 atom stereocenters. The molecule has 0 aliphatic heterocycles. The SMILES string of the molecule is Cc1ccc(CCC(Cc2ccc(C)cc2)Cn2ccnc2)cc1. The minimum absolute atomic E-state index is 0.614. The van der Waals surface area contributed by atoms with E-state index in [1.54, 1.807) is 0 Å². The molecule has 0 spiro atoms. The van der Waals surface area contributed by atoms with Crippen LogP contribution in [-0.2, 0) is 19.4 Å². The Kier molecular flexibility index (Phi) is 5.47. The third kappa shape index (κ3) is 4.82. The predicted octanol–water partition coefficient (Wildman–Crippen LogP) is 4.99. The molecule has 124 valence electrons. The Morgan fingerprint density at radius 1 is 0.875 bits per heavy atom. The summed E-state index contributed by atoms with van der Waals surface area (Å²) >= 11 is 0. The zero-order valence-corrected chi connectivity index (χ0v) is 14.7. The van der Waals surface area contributed by atoms with Gasteiger partial charge in [0.25, 0.3) is 0 Å². The fourth-order valence-corrected chi connectivity index (χ4v) is 3.13. The molecule has 1 aromatic heterocycles. The van der Waals surface area contributed by atoms with Gasteiger partial charge in [-0.15, -0.1) is 0 Å². The van der Waals surface area contributed by atoms with Gasteiger partial charge in [0.1, 0.15) is 0 Å². The van der Waals surface area contributed by atoms with Crippen LogP contribution in [0.3, 0.4) is 0 Å². The van der Waals surface area contributed by atoms with Crippen molar-refractivity contribution in [1.29, 1.82) is 0 Å². The normalized spacial score (nSPS) is 12.2. The van der Waals surface area contributed by atoms with Crippen LogP contribution in [0.15, 0.2) is 67.3 Å². The van der Waals surface area contributed by atoms with E-state index in [1.807, 2.05) is 12.5 Å². The molecule has 0 bridgehead atoms. The van der Waals surface area contributed by atoms with Crippen LogP contribution in [0.25, 0.3) is 0 Å². The van der Waals surface area contributed by atoms with Crippen LogP contribution in [-0.4, -0.2) is 9.55 Å². The maximum absolute atomic E-state index is 4.18. The number of hydrogen-bond donors (Lipinski definition) is 0. The second kappa shape index (κ2) is 7.96. The van der Waals surface area contributed by atoms with Gasteiger partial charge in [-0.25, -0.2) is 4.98 Å². The highest BCUT2D eigenvalue weighted by Gasteiger charge is 2.11. The summed E-state index contributed by atoms with van der Waals surface area (Å²) in [5, 5.41) is 0. The second-order valence-electron chi connectivity index (χ2n) is 6.84. The van der Waals surface area contributed by atoms with Crippen LogP contribution < -0.4 is 0 Å². The van der Waals surface area contributed by atoms with Crippen LogP contribution in [0.1, 0.15) is 28.7 Å². The Morgan fingerprint density at radius 2 is 1.50 bits per heavy atom. The van der Waals surface area contributed by atoms with Gasteiger partial charge in [-0.1, -0.05) is 59.7 Å². The lowest BCUT2D eigenvalue weighted by Crippen LogP contribution is -2.14. The van der Waals surface area contributed by atoms with E-state index in [1.165, 1.54) is 28.7 Å². The fraction of sp³-hybridized carbons (Fsp3) is 0.318. The third-order valence-electron chi connectivity index (χ3n) is 4.64. The molecular weight excluding hydrogens is 292 g/mol. The van der Waals surface area contributed by atoms with Crippen molar-refractivity contribution in [3.63, 3.8) is 0 Å². The van der Waals surface area contributed by atoms with Crippen molar-refractivity contribution in [2.75, 3.05) is 0 Å². The van der Waals surface area contributed by atoms with Gasteiger partial charge in [0, 0.05) is 18.9 Å². The first-order valence-electron chi connectivity index (χ1n) is 8.76. The minimum atomic E-state index is 0.614. The van der Waals surface area contributed by atoms with Gasteiger partial charge in [0.15, 0.2) is 0 Å². The van der Waals surface area contributed by atoms with Crippen LogP contribution in [0.4, 0.5) is 0 Å². The van der Waals surface area contributed by atoms with Crippen molar-refractivity contribution >= 4 is 0 Å². The molecule has 2 aromatic carbocycles. The van der Waals surface area contributed by atoms with E-state index in [-0.39, 0.29) is 0 Å². The summed E-state index contributed by atoms with van der Waals surface area (Å²) < 4.78 is 2.20. The van der Waals surface area contributed by atoms with Gasteiger partial charge < -0.3 is 4.57 Å². The molecule has 0 radical (unpaired) electrons. The number of imidazole rings is 1. The van der Waals surface area contributed by atoms with E-state index >= 15 is 0 Å². The van der Waals surface area contributed by atoms with Crippen LogP contribution in [0, 0.1) is 19.8 Å². The smallest absolute Gasteiger partial charge is 0.0945 e. The minimum Gasteiger partial charge on any atom is -0.337 e. The Morgan fingerprint density at radius 3 is 2.08 bits per heavy atom. The van der Waals surface area contributed by atoms with E-state index in [0.29, 0.717) is 5.92 Å². The molecule has 2 nitrogen and oxygen atoms in total. The van der Waals surface area contributed by atoms with Gasteiger partial charge in [-0.2, -0.15) is 0 Å². The molecule has 3 aromatic rings. The largest absolute Gasteiger partial charge is 0.337 e. The lowest BCUT2D eigenvalue weighted by Gasteiger charge is -2.18. The summed E-state index contributed by atoms with van der Waals surface area (Å²) in [7, 11) is 0. The van der Waals surface area contributed by atoms with Crippen LogP contribution in [0.5, 0.6) is 0 Å². The Hall–Kier alpha value is -2.35. The zero-order chi connectivity index (χ0) is 16.8. The highest BCUT2D eigenvalue weighted by atomic mass is 15.0. The quantitative estimate of drug-likeness (QED) is 0.600. The average Bonchev–Trinajstić information content (AvgIpc) is 3.09. The van der Waals surface area contributed by atoms with E-state index in [9.17, 15) is 0 Å². The molecule has 0 aliphatic carbocycles. The molecule has 0 amide bonds. The zero-order valence-electron chi connectivity index (χ0n) is 14.7. The highest BCUT2D eigenvalue weighted by molar-refractivity contribution is 5.23. The van der Waals surface area contributed by atoms with Crippen molar-refractivity contribution in [1.82, 2.24) is 9.55 Å². The first kappa shape index (κ1) is 16.5. The predicted molar refractivity (Wildman–Crippen MR) is 100 cm³/mol. The summed E-state index contributed by atoms with van der Waals surface area (Å²) in [6, 6.07) is 17.9. The first-order chi connectivity index (χ1) is 11.7. The standard InChI is InChI=1S/C22H26N2/c1-18-3-7-20(8-4-18)11-12-22(16-24-14-13-23-17-24)15-21-9-5-19(2)6-10-21/h3-10,13-14,17,22H,11-12,15-16H2,1-2H3. The van der Waals surface area contributed by atoms with Gasteiger partial charge in [-0.05, 0) is 50.2 Å². The summed E-state index contributed by atoms with van der Waals surface area (Å²) in [4.78, 5) is 4.18. The van der Waals surface area contributed by atoms with Crippen LogP contribution >= 0.6 is 0 Å². The Labute approximate surface area is 145 Å². The van der Waals surface area contributed by atoms with Gasteiger partial charge in [0.2, 0.25) is 0 Å². The molecule has 3 rings (SSSR count). The summed E-state index contributed by atoms with van der Waals surface area (Å²) in [5.41, 5.74) is 5.51. The van der Waals surface area contributed by atoms with Gasteiger partial charge >= 0.3 is 0 Å². The molecule has 2 heteroatoms. The Balaban J connectivity index is 1.66. The van der Waals surface area contributed by atoms with Crippen LogP contribution in [0.2, 0.25) is 0 Å². The first-order valence-corrected chi connectivity index (χ1v) is 8.76. The molecule has 0 saturated heterocycles. The number of aryl methyl sites for hydroxylation is 3. The monoisotopic (exact) mass is 318 g/mol. The van der Waals surface area contributed by atoms with Crippen molar-refractivity contribution in [2.45, 2.75) is 39.7 Å². The molecule has 0 aliphatic rings. The molecule has 1 heterocycles. The molecule has 0 N–H and O–H groups in total. The Bertz CT molecular complexity index is 725. The lowest BCUT2D eigenvalue weighted by atomic mass is 9.92. The van der Waals surface area contributed by atoms with Crippen molar-refractivity contribution in [2.24, 2.45) is 5.92 Å². The van der Waals surface area contributed by atoms with Gasteiger partial charge in [0.05, 0.1) is 6.33 Å². The lowest BCUT2D eigenvalue weighted by molar-refractivity contribution is 0.412. The van der Waals surface area contributed by atoms with Crippen molar-refractivity contribution in [3.05, 3.63) is 89.5 Å². The number of rotatable bonds is 7. The molecule has 24 heavy (non-hydrogen) atoms. The highest BCUT2D eigenvalue weighted by Crippen LogP contribution is 2.18. The second-order valence-corrected chi connectivity index (χ2v) is 6.84. The number of benzene rings is 2. The maximum atomic E-state index is 4.18.